The Morgan fingerprint density at radius 2 is 1.55 bits per heavy atom. The van der Waals surface area contributed by atoms with E-state index >= 15 is 0 Å². The van der Waals surface area contributed by atoms with E-state index < -0.39 is 0 Å². The van der Waals surface area contributed by atoms with Crippen molar-refractivity contribution < 1.29 is 0 Å². The van der Waals surface area contributed by atoms with Crippen LogP contribution in [0.25, 0.3) is 0 Å². The van der Waals surface area contributed by atoms with Gasteiger partial charge in [-0.25, -0.2) is 0 Å². The highest BCUT2D eigenvalue weighted by Gasteiger charge is 2.21. The fraction of sp³-hybridized carbons (Fsp3) is 0.368. The topological polar surface area (TPSA) is 26.0 Å². The van der Waals surface area contributed by atoms with Crippen LogP contribution in [0.1, 0.15) is 56.0 Å². The van der Waals surface area contributed by atoms with E-state index in [1.54, 1.807) is 0 Å². The molecule has 1 unspecified atom stereocenters. The quantitative estimate of drug-likeness (QED) is 0.864. The second-order valence-electron chi connectivity index (χ2n) is 6.41. The number of hydrogen-bond donors (Lipinski definition) is 1. The molecule has 0 saturated carbocycles. The standard InChI is InChI=1S/C19H25N/c1-5-14-10-12-15(13-11-14)18(20)16-8-6-7-9-17(16)19(2,3)4/h6-13,18H,5,20H2,1-4H3. The number of nitrogens with two attached hydrogens (primary N) is 1. The highest BCUT2D eigenvalue weighted by molar-refractivity contribution is 5.40. The van der Waals surface area contributed by atoms with Crippen molar-refractivity contribution in [2.45, 2.75) is 45.6 Å². The molecule has 20 heavy (non-hydrogen) atoms. The van der Waals surface area contributed by atoms with E-state index in [4.69, 9.17) is 5.73 Å². The van der Waals surface area contributed by atoms with Crippen LogP contribution < -0.4 is 5.73 Å². The smallest absolute Gasteiger partial charge is 0.0554 e. The van der Waals surface area contributed by atoms with Crippen LogP contribution in [0, 0.1) is 0 Å². The van der Waals surface area contributed by atoms with Gasteiger partial charge in [-0.1, -0.05) is 76.2 Å². The summed E-state index contributed by atoms with van der Waals surface area (Å²) in [5, 5.41) is 0. The number of aryl methyl sites for hydroxylation is 1. The first-order valence-electron chi connectivity index (χ1n) is 7.37. The van der Waals surface area contributed by atoms with Crippen molar-refractivity contribution in [3.05, 3.63) is 70.8 Å². The van der Waals surface area contributed by atoms with E-state index in [-0.39, 0.29) is 11.5 Å². The number of rotatable bonds is 3. The minimum absolute atomic E-state index is 0.0590. The molecule has 1 atom stereocenters. The Morgan fingerprint density at radius 3 is 2.10 bits per heavy atom. The lowest BCUT2D eigenvalue weighted by Gasteiger charge is -2.26. The zero-order valence-corrected chi connectivity index (χ0v) is 13.0. The lowest BCUT2D eigenvalue weighted by atomic mass is 9.81. The van der Waals surface area contributed by atoms with Gasteiger partial charge in [-0.05, 0) is 34.1 Å². The monoisotopic (exact) mass is 267 g/mol. The first-order valence-corrected chi connectivity index (χ1v) is 7.37. The predicted molar refractivity (Wildman–Crippen MR) is 87.0 cm³/mol. The van der Waals surface area contributed by atoms with E-state index in [1.165, 1.54) is 22.3 Å². The first kappa shape index (κ1) is 14.8. The molecule has 0 amide bonds. The maximum Gasteiger partial charge on any atom is 0.0554 e. The minimum Gasteiger partial charge on any atom is -0.320 e. The summed E-state index contributed by atoms with van der Waals surface area (Å²) in [5.74, 6) is 0. The molecule has 0 bridgehead atoms. The average Bonchev–Trinajstić information content (AvgIpc) is 2.46. The summed E-state index contributed by atoms with van der Waals surface area (Å²) >= 11 is 0. The Hall–Kier alpha value is -1.60. The second kappa shape index (κ2) is 5.80. The van der Waals surface area contributed by atoms with Crippen molar-refractivity contribution in [3.63, 3.8) is 0 Å². The van der Waals surface area contributed by atoms with Crippen LogP contribution in [-0.4, -0.2) is 0 Å². The van der Waals surface area contributed by atoms with Gasteiger partial charge < -0.3 is 5.73 Å². The van der Waals surface area contributed by atoms with Crippen molar-refractivity contribution in [1.82, 2.24) is 0 Å². The maximum absolute atomic E-state index is 6.51. The summed E-state index contributed by atoms with van der Waals surface area (Å²) in [6, 6.07) is 17.1. The van der Waals surface area contributed by atoms with Crippen molar-refractivity contribution in [3.8, 4) is 0 Å². The molecule has 1 nitrogen and oxygen atoms in total. The molecule has 2 aromatic carbocycles. The van der Waals surface area contributed by atoms with Crippen LogP contribution in [0.15, 0.2) is 48.5 Å². The lowest BCUT2D eigenvalue weighted by molar-refractivity contribution is 0.578. The molecule has 1 heteroatoms. The van der Waals surface area contributed by atoms with Gasteiger partial charge in [0.15, 0.2) is 0 Å². The second-order valence-corrected chi connectivity index (χ2v) is 6.41. The summed E-state index contributed by atoms with van der Waals surface area (Å²) in [4.78, 5) is 0. The molecule has 0 aliphatic carbocycles. The van der Waals surface area contributed by atoms with Gasteiger partial charge in [0, 0.05) is 0 Å². The molecule has 2 N–H and O–H groups in total. The van der Waals surface area contributed by atoms with Gasteiger partial charge in [0.25, 0.3) is 0 Å². The summed E-state index contributed by atoms with van der Waals surface area (Å²) in [7, 11) is 0. The molecule has 0 aromatic heterocycles. The molecule has 2 rings (SSSR count). The number of hydrogen-bond acceptors (Lipinski definition) is 1. The molecule has 0 radical (unpaired) electrons. The number of benzene rings is 2. The summed E-state index contributed by atoms with van der Waals surface area (Å²) in [5.41, 5.74) is 11.7. The van der Waals surface area contributed by atoms with Crippen molar-refractivity contribution in [1.29, 1.82) is 0 Å². The van der Waals surface area contributed by atoms with E-state index in [1.807, 2.05) is 0 Å². The van der Waals surface area contributed by atoms with E-state index in [0.717, 1.165) is 6.42 Å². The summed E-state index contributed by atoms with van der Waals surface area (Å²) < 4.78 is 0. The Labute approximate surface area is 122 Å². The first-order chi connectivity index (χ1) is 9.43. The van der Waals surface area contributed by atoms with Crippen molar-refractivity contribution in [2.75, 3.05) is 0 Å². The summed E-state index contributed by atoms with van der Waals surface area (Å²) in [6.07, 6.45) is 1.06. The molecule has 0 aliphatic rings. The average molecular weight is 267 g/mol. The van der Waals surface area contributed by atoms with Crippen molar-refractivity contribution in [2.24, 2.45) is 5.73 Å². The highest BCUT2D eigenvalue weighted by atomic mass is 14.6. The van der Waals surface area contributed by atoms with Crippen LogP contribution in [0.3, 0.4) is 0 Å². The van der Waals surface area contributed by atoms with E-state index in [0.29, 0.717) is 0 Å². The minimum atomic E-state index is -0.0590. The molecule has 0 spiro atoms. The Bertz CT molecular complexity index is 561. The molecule has 2 aromatic rings. The van der Waals surface area contributed by atoms with Gasteiger partial charge in [-0.2, -0.15) is 0 Å². The zero-order valence-electron chi connectivity index (χ0n) is 13.0. The Balaban J connectivity index is 2.40. The fourth-order valence-electron chi connectivity index (χ4n) is 2.59. The predicted octanol–water partition coefficient (Wildman–Crippen LogP) is 4.59. The van der Waals surface area contributed by atoms with E-state index in [9.17, 15) is 0 Å². The van der Waals surface area contributed by atoms with Gasteiger partial charge in [0.05, 0.1) is 6.04 Å². The summed E-state index contributed by atoms with van der Waals surface area (Å²) in [6.45, 7) is 8.88. The van der Waals surface area contributed by atoms with Crippen LogP contribution in [0.2, 0.25) is 0 Å². The molecule has 0 aliphatic heterocycles. The van der Waals surface area contributed by atoms with Gasteiger partial charge in [0.1, 0.15) is 0 Å². The van der Waals surface area contributed by atoms with Gasteiger partial charge in [0.2, 0.25) is 0 Å². The van der Waals surface area contributed by atoms with Gasteiger partial charge in [-0.15, -0.1) is 0 Å². The third-order valence-corrected chi connectivity index (χ3v) is 3.85. The van der Waals surface area contributed by atoms with Crippen LogP contribution in [0.5, 0.6) is 0 Å². The molecule has 106 valence electrons. The van der Waals surface area contributed by atoms with Crippen molar-refractivity contribution >= 4 is 0 Å². The Kier molecular flexibility index (Phi) is 4.29. The molecule has 0 saturated heterocycles. The Morgan fingerprint density at radius 1 is 0.950 bits per heavy atom. The normalized spacial score (nSPS) is 13.2. The van der Waals surface area contributed by atoms with E-state index in [2.05, 4.69) is 76.2 Å². The molecular formula is C19H25N. The van der Waals surface area contributed by atoms with Crippen LogP contribution >= 0.6 is 0 Å². The fourth-order valence-corrected chi connectivity index (χ4v) is 2.59. The third kappa shape index (κ3) is 3.10. The largest absolute Gasteiger partial charge is 0.320 e. The zero-order chi connectivity index (χ0) is 14.8. The SMILES string of the molecule is CCc1ccc(C(N)c2ccccc2C(C)(C)C)cc1. The van der Waals surface area contributed by atoms with Gasteiger partial charge >= 0.3 is 0 Å². The molecule has 0 heterocycles. The van der Waals surface area contributed by atoms with Crippen LogP contribution in [0.4, 0.5) is 0 Å². The molecular weight excluding hydrogens is 242 g/mol. The third-order valence-electron chi connectivity index (χ3n) is 3.85. The molecule has 0 fully saturated rings. The maximum atomic E-state index is 6.51. The lowest BCUT2D eigenvalue weighted by Crippen LogP contribution is -2.20. The van der Waals surface area contributed by atoms with Crippen LogP contribution in [-0.2, 0) is 11.8 Å². The van der Waals surface area contributed by atoms with Gasteiger partial charge in [-0.3, -0.25) is 0 Å². The highest BCUT2D eigenvalue weighted by Crippen LogP contribution is 2.31.